The molecule has 1 heterocycles. The van der Waals surface area contributed by atoms with Crippen molar-refractivity contribution in [3.63, 3.8) is 0 Å². The fourth-order valence-corrected chi connectivity index (χ4v) is 2.31. The van der Waals surface area contributed by atoms with Gasteiger partial charge in [0.25, 0.3) is 0 Å². The van der Waals surface area contributed by atoms with E-state index in [1.807, 2.05) is 13.8 Å². The van der Waals surface area contributed by atoms with E-state index in [1.165, 1.54) is 11.8 Å². The second kappa shape index (κ2) is 5.90. The molecular weight excluding hydrogens is 240 g/mol. The lowest BCUT2D eigenvalue weighted by Crippen LogP contribution is -2.18. The standard InChI is InChI=1S/C10H18N4O2S/c1-5-16-8(15)7(4)17-10-13-12-9(11)14(10)6(2)3/h6-7H,5H2,1-4H3,(H2,11,12). The Morgan fingerprint density at radius 2 is 2.12 bits per heavy atom. The molecule has 1 atom stereocenters. The number of hydrogen-bond donors (Lipinski definition) is 1. The molecule has 0 aliphatic rings. The number of esters is 1. The molecule has 0 saturated heterocycles. The fourth-order valence-electron chi connectivity index (χ4n) is 1.32. The van der Waals surface area contributed by atoms with Crippen molar-refractivity contribution in [1.29, 1.82) is 0 Å². The van der Waals surface area contributed by atoms with Crippen LogP contribution in [0.25, 0.3) is 0 Å². The highest BCUT2D eigenvalue weighted by molar-refractivity contribution is 8.00. The highest BCUT2D eigenvalue weighted by Gasteiger charge is 2.21. The van der Waals surface area contributed by atoms with Crippen molar-refractivity contribution in [2.24, 2.45) is 0 Å². The van der Waals surface area contributed by atoms with Crippen LogP contribution in [0.5, 0.6) is 0 Å². The van der Waals surface area contributed by atoms with Crippen LogP contribution >= 0.6 is 11.8 Å². The molecule has 1 aromatic heterocycles. The van der Waals surface area contributed by atoms with Gasteiger partial charge in [-0.25, -0.2) is 0 Å². The molecule has 0 aliphatic heterocycles. The number of anilines is 1. The lowest BCUT2D eigenvalue weighted by molar-refractivity contribution is -0.142. The first-order valence-electron chi connectivity index (χ1n) is 5.51. The van der Waals surface area contributed by atoms with Crippen molar-refractivity contribution >= 4 is 23.7 Å². The van der Waals surface area contributed by atoms with Crippen molar-refractivity contribution in [2.45, 2.75) is 44.1 Å². The maximum atomic E-state index is 11.5. The molecule has 0 fully saturated rings. The molecule has 0 bridgehead atoms. The molecule has 0 aromatic carbocycles. The fraction of sp³-hybridized carbons (Fsp3) is 0.700. The molecule has 96 valence electrons. The lowest BCUT2D eigenvalue weighted by atomic mass is 10.4. The summed E-state index contributed by atoms with van der Waals surface area (Å²) in [5.74, 6) is 0.105. The van der Waals surface area contributed by atoms with Crippen molar-refractivity contribution in [1.82, 2.24) is 14.8 Å². The minimum Gasteiger partial charge on any atom is -0.465 e. The van der Waals surface area contributed by atoms with Crippen LogP contribution in [0.2, 0.25) is 0 Å². The van der Waals surface area contributed by atoms with Crippen molar-refractivity contribution in [2.75, 3.05) is 12.3 Å². The van der Waals surface area contributed by atoms with Crippen molar-refractivity contribution in [3.05, 3.63) is 0 Å². The van der Waals surface area contributed by atoms with E-state index in [0.717, 1.165) is 0 Å². The number of hydrogen-bond acceptors (Lipinski definition) is 6. The lowest BCUT2D eigenvalue weighted by Gasteiger charge is -2.13. The summed E-state index contributed by atoms with van der Waals surface area (Å²) in [7, 11) is 0. The number of carbonyl (C=O) groups is 1. The highest BCUT2D eigenvalue weighted by Crippen LogP contribution is 2.26. The normalized spacial score (nSPS) is 12.8. The molecule has 1 aromatic rings. The predicted octanol–water partition coefficient (Wildman–Crippen LogP) is 1.48. The Morgan fingerprint density at radius 1 is 1.47 bits per heavy atom. The van der Waals surface area contributed by atoms with Gasteiger partial charge < -0.3 is 10.5 Å². The number of nitrogens with two attached hydrogens (primary N) is 1. The summed E-state index contributed by atoms with van der Waals surface area (Å²) in [6.07, 6.45) is 0. The molecule has 0 aliphatic carbocycles. The summed E-state index contributed by atoms with van der Waals surface area (Å²) < 4.78 is 6.73. The number of aromatic nitrogens is 3. The number of thioether (sulfide) groups is 1. The maximum Gasteiger partial charge on any atom is 0.319 e. The molecule has 0 amide bonds. The van der Waals surface area contributed by atoms with Gasteiger partial charge in [0, 0.05) is 6.04 Å². The van der Waals surface area contributed by atoms with Crippen LogP contribution in [0.15, 0.2) is 5.16 Å². The highest BCUT2D eigenvalue weighted by atomic mass is 32.2. The third-order valence-corrected chi connectivity index (χ3v) is 3.14. The molecule has 17 heavy (non-hydrogen) atoms. The molecular formula is C10H18N4O2S. The van der Waals surface area contributed by atoms with Crippen LogP contribution in [0.4, 0.5) is 5.95 Å². The molecule has 6 nitrogen and oxygen atoms in total. The van der Waals surface area contributed by atoms with Gasteiger partial charge in [0.2, 0.25) is 5.95 Å². The van der Waals surface area contributed by atoms with E-state index in [-0.39, 0.29) is 17.3 Å². The van der Waals surface area contributed by atoms with Crippen LogP contribution < -0.4 is 5.73 Å². The third-order valence-electron chi connectivity index (χ3n) is 2.11. The van der Waals surface area contributed by atoms with E-state index in [2.05, 4.69) is 10.2 Å². The summed E-state index contributed by atoms with van der Waals surface area (Å²) in [5, 5.41) is 8.09. The van der Waals surface area contributed by atoms with Crippen LogP contribution in [0, 0.1) is 0 Å². The third kappa shape index (κ3) is 3.36. The molecule has 0 radical (unpaired) electrons. The van der Waals surface area contributed by atoms with Gasteiger partial charge in [-0.3, -0.25) is 9.36 Å². The largest absolute Gasteiger partial charge is 0.465 e. The summed E-state index contributed by atoms with van der Waals surface area (Å²) in [6.45, 7) is 7.91. The summed E-state index contributed by atoms with van der Waals surface area (Å²) >= 11 is 1.30. The quantitative estimate of drug-likeness (QED) is 0.636. The zero-order chi connectivity index (χ0) is 13.0. The van der Waals surface area contributed by atoms with Crippen LogP contribution in [-0.4, -0.2) is 32.6 Å². The zero-order valence-electron chi connectivity index (χ0n) is 10.5. The average Bonchev–Trinajstić information content (AvgIpc) is 2.60. The number of nitrogen functional groups attached to an aromatic ring is 1. The molecule has 7 heteroatoms. The second-order valence-electron chi connectivity index (χ2n) is 3.82. The van der Waals surface area contributed by atoms with Gasteiger partial charge in [0.05, 0.1) is 6.61 Å². The van der Waals surface area contributed by atoms with E-state index in [9.17, 15) is 4.79 Å². The monoisotopic (exact) mass is 258 g/mol. The molecule has 1 rings (SSSR count). The van der Waals surface area contributed by atoms with E-state index < -0.39 is 0 Å². The van der Waals surface area contributed by atoms with Crippen molar-refractivity contribution in [3.8, 4) is 0 Å². The summed E-state index contributed by atoms with van der Waals surface area (Å²) in [5.41, 5.74) is 5.71. The number of carbonyl (C=O) groups excluding carboxylic acids is 1. The Labute approximate surface area is 105 Å². The second-order valence-corrected chi connectivity index (χ2v) is 5.12. The number of rotatable bonds is 5. The molecule has 0 saturated carbocycles. The molecule has 1 unspecified atom stereocenters. The van der Waals surface area contributed by atoms with Gasteiger partial charge in [-0.05, 0) is 27.7 Å². The van der Waals surface area contributed by atoms with Gasteiger partial charge in [0.1, 0.15) is 5.25 Å². The Kier molecular flexibility index (Phi) is 4.80. The minimum absolute atomic E-state index is 0.155. The topological polar surface area (TPSA) is 83.0 Å². The first-order chi connectivity index (χ1) is 7.97. The Balaban J connectivity index is 2.78. The van der Waals surface area contributed by atoms with E-state index in [4.69, 9.17) is 10.5 Å². The average molecular weight is 258 g/mol. The van der Waals surface area contributed by atoms with E-state index >= 15 is 0 Å². The Hall–Kier alpha value is -1.24. The smallest absolute Gasteiger partial charge is 0.319 e. The van der Waals surface area contributed by atoms with Crippen molar-refractivity contribution < 1.29 is 9.53 Å². The minimum atomic E-state index is -0.323. The van der Waals surface area contributed by atoms with Gasteiger partial charge in [-0.1, -0.05) is 11.8 Å². The number of ether oxygens (including phenoxy) is 1. The summed E-state index contributed by atoms with van der Waals surface area (Å²) in [6, 6.07) is 0.155. The Morgan fingerprint density at radius 3 is 2.65 bits per heavy atom. The predicted molar refractivity (Wildman–Crippen MR) is 66.8 cm³/mol. The van der Waals surface area contributed by atoms with Crippen LogP contribution in [-0.2, 0) is 9.53 Å². The maximum absolute atomic E-state index is 11.5. The van der Waals surface area contributed by atoms with E-state index in [0.29, 0.717) is 17.7 Å². The SMILES string of the molecule is CCOC(=O)C(C)Sc1nnc(N)n1C(C)C. The van der Waals surface area contributed by atoms with Gasteiger partial charge in [0.15, 0.2) is 5.16 Å². The molecule has 2 N–H and O–H groups in total. The van der Waals surface area contributed by atoms with Crippen LogP contribution in [0.3, 0.4) is 0 Å². The van der Waals surface area contributed by atoms with Gasteiger partial charge >= 0.3 is 5.97 Å². The Bertz CT molecular complexity index is 392. The zero-order valence-corrected chi connectivity index (χ0v) is 11.3. The van der Waals surface area contributed by atoms with Gasteiger partial charge in [-0.15, -0.1) is 10.2 Å². The van der Waals surface area contributed by atoms with Crippen LogP contribution in [0.1, 0.15) is 33.7 Å². The first kappa shape index (κ1) is 13.8. The molecule has 0 spiro atoms. The van der Waals surface area contributed by atoms with Gasteiger partial charge in [-0.2, -0.15) is 0 Å². The first-order valence-corrected chi connectivity index (χ1v) is 6.39. The number of nitrogens with zero attached hydrogens (tertiary/aromatic N) is 3. The summed E-state index contributed by atoms with van der Waals surface area (Å²) in [4.78, 5) is 11.5. The van der Waals surface area contributed by atoms with E-state index in [1.54, 1.807) is 18.4 Å².